The van der Waals surface area contributed by atoms with Crippen LogP contribution < -0.4 is 5.32 Å². The molecule has 0 unspecified atom stereocenters. The standard InChI is InChI=1S/C26H29N3O2/c1-26(25(31)27-21-12-6-7-13-21)18-28-22-14-8-5-11-20(22)17-23(28)24(30)29(26)16-15-19-9-3-2-4-10-19/h2-5,8-11,14,17,21H,6-7,12-13,15-16,18H2,1H3,(H,27,31)/t26-/m0/s1. The first-order valence-electron chi connectivity index (χ1n) is 11.3. The number of carbonyl (C=O) groups is 2. The van der Waals surface area contributed by atoms with Crippen LogP contribution in [0.25, 0.3) is 10.9 Å². The fourth-order valence-electron chi connectivity index (χ4n) is 5.15. The second-order valence-electron chi connectivity index (χ2n) is 9.10. The summed E-state index contributed by atoms with van der Waals surface area (Å²) in [5.41, 5.74) is 1.91. The normalized spacial score (nSPS) is 21.5. The monoisotopic (exact) mass is 415 g/mol. The van der Waals surface area contributed by atoms with Gasteiger partial charge in [0.15, 0.2) is 0 Å². The molecule has 1 aromatic heterocycles. The topological polar surface area (TPSA) is 54.3 Å². The molecular weight excluding hydrogens is 386 g/mol. The van der Waals surface area contributed by atoms with Gasteiger partial charge in [-0.2, -0.15) is 0 Å². The summed E-state index contributed by atoms with van der Waals surface area (Å²) in [5, 5.41) is 4.30. The molecule has 5 rings (SSSR count). The van der Waals surface area contributed by atoms with Gasteiger partial charge in [0.2, 0.25) is 5.91 Å². The predicted molar refractivity (Wildman–Crippen MR) is 122 cm³/mol. The summed E-state index contributed by atoms with van der Waals surface area (Å²) < 4.78 is 2.03. The first-order chi connectivity index (χ1) is 15.1. The minimum Gasteiger partial charge on any atom is -0.351 e. The van der Waals surface area contributed by atoms with Crippen molar-refractivity contribution in [1.82, 2.24) is 14.8 Å². The number of benzene rings is 2. The van der Waals surface area contributed by atoms with E-state index in [0.717, 1.165) is 43.0 Å². The molecule has 2 aromatic carbocycles. The second-order valence-corrected chi connectivity index (χ2v) is 9.10. The van der Waals surface area contributed by atoms with Crippen molar-refractivity contribution in [1.29, 1.82) is 0 Å². The van der Waals surface area contributed by atoms with Crippen LogP contribution in [0.2, 0.25) is 0 Å². The van der Waals surface area contributed by atoms with E-state index in [1.807, 2.05) is 60.0 Å². The van der Waals surface area contributed by atoms with Gasteiger partial charge in [0.25, 0.3) is 5.91 Å². The number of nitrogens with one attached hydrogen (secondary N) is 1. The average molecular weight is 416 g/mol. The van der Waals surface area contributed by atoms with Crippen LogP contribution in [0.3, 0.4) is 0 Å². The van der Waals surface area contributed by atoms with E-state index in [9.17, 15) is 9.59 Å². The lowest BCUT2D eigenvalue weighted by atomic mass is 9.93. The van der Waals surface area contributed by atoms with Crippen molar-refractivity contribution in [3.63, 3.8) is 0 Å². The molecule has 1 saturated carbocycles. The number of hydrogen-bond donors (Lipinski definition) is 1. The smallest absolute Gasteiger partial charge is 0.271 e. The summed E-state index contributed by atoms with van der Waals surface area (Å²) in [7, 11) is 0. The Bertz CT molecular complexity index is 1110. The van der Waals surface area contributed by atoms with Crippen LogP contribution in [0.15, 0.2) is 60.7 Å². The number of nitrogens with zero attached hydrogens (tertiary/aromatic N) is 2. The molecule has 0 saturated heterocycles. The third kappa shape index (κ3) is 3.52. The van der Waals surface area contributed by atoms with Crippen LogP contribution in [0, 0.1) is 0 Å². The Balaban J connectivity index is 1.51. The Kier molecular flexibility index (Phi) is 5.05. The molecule has 160 valence electrons. The number of carbonyl (C=O) groups excluding carboxylic acids is 2. The zero-order valence-corrected chi connectivity index (χ0v) is 18.0. The van der Waals surface area contributed by atoms with Crippen LogP contribution in [-0.4, -0.2) is 39.4 Å². The minimum atomic E-state index is -0.927. The van der Waals surface area contributed by atoms with Gasteiger partial charge in [0.1, 0.15) is 11.2 Å². The molecule has 1 N–H and O–H groups in total. The van der Waals surface area contributed by atoms with Gasteiger partial charge in [-0.3, -0.25) is 9.59 Å². The Hall–Kier alpha value is -3.08. The van der Waals surface area contributed by atoms with E-state index in [0.29, 0.717) is 18.8 Å². The lowest BCUT2D eigenvalue weighted by molar-refractivity contribution is -0.133. The number of amides is 2. The zero-order chi connectivity index (χ0) is 21.4. The minimum absolute atomic E-state index is 0.0377. The maximum absolute atomic E-state index is 13.7. The van der Waals surface area contributed by atoms with Gasteiger partial charge in [-0.1, -0.05) is 61.4 Å². The maximum Gasteiger partial charge on any atom is 0.271 e. The molecule has 5 nitrogen and oxygen atoms in total. The first-order valence-corrected chi connectivity index (χ1v) is 11.3. The van der Waals surface area contributed by atoms with Crippen LogP contribution in [0.4, 0.5) is 0 Å². The van der Waals surface area contributed by atoms with Crippen molar-refractivity contribution in [2.24, 2.45) is 0 Å². The van der Waals surface area contributed by atoms with Gasteiger partial charge in [-0.25, -0.2) is 0 Å². The highest BCUT2D eigenvalue weighted by molar-refractivity contribution is 6.03. The van der Waals surface area contributed by atoms with Gasteiger partial charge in [-0.05, 0) is 43.9 Å². The van der Waals surface area contributed by atoms with Gasteiger partial charge in [-0.15, -0.1) is 0 Å². The Morgan fingerprint density at radius 1 is 1.06 bits per heavy atom. The lowest BCUT2D eigenvalue weighted by Gasteiger charge is -2.44. The van der Waals surface area contributed by atoms with Gasteiger partial charge in [0.05, 0.1) is 6.54 Å². The SMILES string of the molecule is C[C@@]1(C(=O)NC2CCCC2)Cn2c(cc3ccccc32)C(=O)N1CCc1ccccc1. The molecular formula is C26H29N3O2. The van der Waals surface area contributed by atoms with Crippen molar-refractivity contribution in [2.75, 3.05) is 6.54 Å². The predicted octanol–water partition coefficient (Wildman–Crippen LogP) is 4.16. The van der Waals surface area contributed by atoms with Crippen molar-refractivity contribution in [3.05, 3.63) is 71.9 Å². The summed E-state index contributed by atoms with van der Waals surface area (Å²) in [6.45, 7) is 2.91. The lowest BCUT2D eigenvalue weighted by Crippen LogP contribution is -2.65. The van der Waals surface area contributed by atoms with E-state index in [-0.39, 0.29) is 17.9 Å². The number of rotatable bonds is 5. The van der Waals surface area contributed by atoms with E-state index in [2.05, 4.69) is 17.4 Å². The molecule has 1 atom stereocenters. The quantitative estimate of drug-likeness (QED) is 0.680. The van der Waals surface area contributed by atoms with Crippen molar-refractivity contribution >= 4 is 22.7 Å². The van der Waals surface area contributed by atoms with Gasteiger partial charge >= 0.3 is 0 Å². The van der Waals surface area contributed by atoms with Crippen molar-refractivity contribution < 1.29 is 9.59 Å². The third-order valence-corrected chi connectivity index (χ3v) is 6.98. The second kappa shape index (κ2) is 7.88. The number of para-hydroxylation sites is 1. The summed E-state index contributed by atoms with van der Waals surface area (Å²) in [5.74, 6) is -0.105. The highest BCUT2D eigenvalue weighted by Gasteiger charge is 2.47. The van der Waals surface area contributed by atoms with Crippen LogP contribution in [-0.2, 0) is 17.8 Å². The number of hydrogen-bond acceptors (Lipinski definition) is 2. The molecule has 0 bridgehead atoms. The van der Waals surface area contributed by atoms with Gasteiger partial charge < -0.3 is 14.8 Å². The zero-order valence-electron chi connectivity index (χ0n) is 18.0. The molecule has 1 aliphatic carbocycles. The summed E-state index contributed by atoms with van der Waals surface area (Å²) >= 11 is 0. The molecule has 31 heavy (non-hydrogen) atoms. The van der Waals surface area contributed by atoms with Crippen LogP contribution >= 0.6 is 0 Å². The average Bonchev–Trinajstić information content (AvgIpc) is 3.42. The maximum atomic E-state index is 13.7. The highest BCUT2D eigenvalue weighted by atomic mass is 16.2. The Morgan fingerprint density at radius 3 is 2.55 bits per heavy atom. The first kappa shape index (κ1) is 19.9. The van der Waals surface area contributed by atoms with Crippen LogP contribution in [0.1, 0.15) is 48.7 Å². The molecule has 2 heterocycles. The molecule has 2 aliphatic rings. The molecule has 1 fully saturated rings. The summed E-state index contributed by atoms with van der Waals surface area (Å²) in [4.78, 5) is 29.1. The Morgan fingerprint density at radius 2 is 1.77 bits per heavy atom. The van der Waals surface area contributed by atoms with E-state index in [1.165, 1.54) is 5.56 Å². The molecule has 0 radical (unpaired) electrons. The molecule has 5 heteroatoms. The van der Waals surface area contributed by atoms with Gasteiger partial charge in [0, 0.05) is 23.5 Å². The largest absolute Gasteiger partial charge is 0.351 e. The van der Waals surface area contributed by atoms with E-state index < -0.39 is 5.54 Å². The molecule has 2 amide bonds. The number of fused-ring (bicyclic) bond motifs is 3. The highest BCUT2D eigenvalue weighted by Crippen LogP contribution is 2.33. The summed E-state index contributed by atoms with van der Waals surface area (Å²) in [6, 6.07) is 20.4. The van der Waals surface area contributed by atoms with E-state index in [1.54, 1.807) is 4.90 Å². The number of aromatic nitrogens is 1. The molecule has 0 spiro atoms. The van der Waals surface area contributed by atoms with Crippen molar-refractivity contribution in [2.45, 2.75) is 57.2 Å². The fourth-order valence-corrected chi connectivity index (χ4v) is 5.15. The fraction of sp³-hybridized carbons (Fsp3) is 0.385. The van der Waals surface area contributed by atoms with Crippen LogP contribution in [0.5, 0.6) is 0 Å². The van der Waals surface area contributed by atoms with E-state index >= 15 is 0 Å². The molecule has 1 aliphatic heterocycles. The molecule has 3 aromatic rings. The summed E-state index contributed by atoms with van der Waals surface area (Å²) in [6.07, 6.45) is 5.09. The Labute approximate surface area is 183 Å². The van der Waals surface area contributed by atoms with E-state index in [4.69, 9.17) is 0 Å². The third-order valence-electron chi connectivity index (χ3n) is 6.98. The van der Waals surface area contributed by atoms with Crippen molar-refractivity contribution in [3.8, 4) is 0 Å².